The molecule has 1 aromatic carbocycles. The van der Waals surface area contributed by atoms with Gasteiger partial charge in [0.15, 0.2) is 0 Å². The maximum Gasteiger partial charge on any atom is 0.433 e. The van der Waals surface area contributed by atoms with E-state index in [1.165, 1.54) is 18.2 Å². The van der Waals surface area contributed by atoms with Gasteiger partial charge in [0, 0.05) is 10.5 Å². The zero-order chi connectivity index (χ0) is 16.7. The molecule has 0 unspecified atom stereocenters. The molecule has 7 nitrogen and oxygen atoms in total. The van der Waals surface area contributed by atoms with Crippen molar-refractivity contribution in [2.24, 2.45) is 0 Å². The normalized spacial score (nSPS) is 10.7. The van der Waals surface area contributed by atoms with E-state index in [0.29, 0.717) is 5.75 Å². The number of carbonyl (C=O) groups is 1. The number of benzene rings is 1. The summed E-state index contributed by atoms with van der Waals surface area (Å²) in [4.78, 5) is 21.3. The van der Waals surface area contributed by atoms with Crippen molar-refractivity contribution in [2.45, 2.75) is 0 Å². The van der Waals surface area contributed by atoms with E-state index in [4.69, 9.17) is 13.9 Å². The van der Waals surface area contributed by atoms with Crippen molar-refractivity contribution < 1.29 is 23.6 Å². The molecule has 0 atom stereocenters. The quantitative estimate of drug-likeness (QED) is 0.239. The fraction of sp³-hybridized carbons (Fsp3) is 0.133. The van der Waals surface area contributed by atoms with Gasteiger partial charge in [-0.2, -0.15) is 0 Å². The van der Waals surface area contributed by atoms with E-state index < -0.39 is 10.9 Å². The minimum Gasteiger partial charge on any atom is -0.490 e. The number of ether oxygens (including phenoxy) is 2. The van der Waals surface area contributed by atoms with Gasteiger partial charge in [-0.25, -0.2) is 4.79 Å². The van der Waals surface area contributed by atoms with Crippen molar-refractivity contribution >= 4 is 33.9 Å². The summed E-state index contributed by atoms with van der Waals surface area (Å²) in [5, 5.41) is 10.4. The number of carbonyl (C=O) groups excluding carboxylic acids is 1. The lowest BCUT2D eigenvalue weighted by Crippen LogP contribution is -2.10. The maximum atomic E-state index is 11.5. The third-order valence-electron chi connectivity index (χ3n) is 2.59. The minimum absolute atomic E-state index is 0.0809. The van der Waals surface area contributed by atoms with E-state index in [9.17, 15) is 14.9 Å². The Hall–Kier alpha value is -2.61. The second-order valence-corrected chi connectivity index (χ2v) is 5.15. The van der Waals surface area contributed by atoms with Gasteiger partial charge in [-0.1, -0.05) is 15.9 Å². The molecule has 0 aliphatic heterocycles. The van der Waals surface area contributed by atoms with Gasteiger partial charge in [-0.05, 0) is 36.4 Å². The Morgan fingerprint density at radius 3 is 2.61 bits per heavy atom. The highest BCUT2D eigenvalue weighted by Gasteiger charge is 2.10. The molecule has 0 fully saturated rings. The number of esters is 1. The van der Waals surface area contributed by atoms with Gasteiger partial charge in [0.1, 0.15) is 29.6 Å². The predicted octanol–water partition coefficient (Wildman–Crippen LogP) is 3.59. The zero-order valence-electron chi connectivity index (χ0n) is 11.8. The molecular weight excluding hydrogens is 370 g/mol. The van der Waals surface area contributed by atoms with Crippen molar-refractivity contribution in [1.82, 2.24) is 0 Å². The molecular formula is C15H12BrNO6. The first-order valence-corrected chi connectivity index (χ1v) is 7.31. The molecule has 0 saturated carbocycles. The summed E-state index contributed by atoms with van der Waals surface area (Å²) < 4.78 is 16.1. The Bertz CT molecular complexity index is 707. The van der Waals surface area contributed by atoms with Gasteiger partial charge < -0.3 is 13.9 Å². The van der Waals surface area contributed by atoms with Crippen molar-refractivity contribution in [3.8, 4) is 5.75 Å². The molecule has 0 aliphatic carbocycles. The van der Waals surface area contributed by atoms with Crippen LogP contribution in [0.5, 0.6) is 5.75 Å². The van der Waals surface area contributed by atoms with Crippen molar-refractivity contribution in [1.29, 1.82) is 0 Å². The molecule has 23 heavy (non-hydrogen) atoms. The van der Waals surface area contributed by atoms with Crippen LogP contribution in [0, 0.1) is 10.1 Å². The monoisotopic (exact) mass is 381 g/mol. The molecule has 120 valence electrons. The van der Waals surface area contributed by atoms with Crippen molar-refractivity contribution in [2.75, 3.05) is 13.2 Å². The van der Waals surface area contributed by atoms with Gasteiger partial charge >= 0.3 is 11.9 Å². The Morgan fingerprint density at radius 2 is 1.96 bits per heavy atom. The Labute approximate surface area is 139 Å². The first-order chi connectivity index (χ1) is 11.0. The number of nitro groups is 1. The van der Waals surface area contributed by atoms with Crippen LogP contribution in [0.4, 0.5) is 5.88 Å². The molecule has 1 aromatic heterocycles. The summed E-state index contributed by atoms with van der Waals surface area (Å²) in [6.07, 6.45) is 2.42. The van der Waals surface area contributed by atoms with Gasteiger partial charge in [0.05, 0.1) is 6.07 Å². The van der Waals surface area contributed by atoms with Crippen LogP contribution in [-0.2, 0) is 9.53 Å². The number of rotatable bonds is 7. The van der Waals surface area contributed by atoms with Crippen LogP contribution in [0.3, 0.4) is 0 Å². The lowest BCUT2D eigenvalue weighted by Gasteiger charge is -2.06. The lowest BCUT2D eigenvalue weighted by atomic mass is 10.3. The molecule has 0 aliphatic rings. The Kier molecular flexibility index (Phi) is 5.93. The van der Waals surface area contributed by atoms with Crippen LogP contribution in [0.1, 0.15) is 5.76 Å². The van der Waals surface area contributed by atoms with Crippen LogP contribution in [0.25, 0.3) is 6.08 Å². The van der Waals surface area contributed by atoms with Gasteiger partial charge in [0.25, 0.3) is 0 Å². The highest BCUT2D eigenvalue weighted by molar-refractivity contribution is 9.10. The highest BCUT2D eigenvalue weighted by Crippen LogP contribution is 2.17. The third-order valence-corrected chi connectivity index (χ3v) is 3.11. The smallest absolute Gasteiger partial charge is 0.433 e. The van der Waals surface area contributed by atoms with Gasteiger partial charge in [-0.15, -0.1) is 0 Å². The van der Waals surface area contributed by atoms with E-state index in [0.717, 1.165) is 10.5 Å². The zero-order valence-corrected chi connectivity index (χ0v) is 13.4. The summed E-state index contributed by atoms with van der Waals surface area (Å²) in [7, 11) is 0. The summed E-state index contributed by atoms with van der Waals surface area (Å²) in [5.41, 5.74) is 0. The van der Waals surface area contributed by atoms with E-state index in [1.807, 2.05) is 12.1 Å². The Morgan fingerprint density at radius 1 is 1.22 bits per heavy atom. The van der Waals surface area contributed by atoms with E-state index >= 15 is 0 Å². The highest BCUT2D eigenvalue weighted by atomic mass is 79.9. The molecule has 2 aromatic rings. The average Bonchev–Trinajstić information content (AvgIpc) is 3.00. The minimum atomic E-state index is -0.658. The Balaban J connectivity index is 1.71. The summed E-state index contributed by atoms with van der Waals surface area (Å²) in [6, 6.07) is 9.85. The van der Waals surface area contributed by atoms with Crippen LogP contribution in [0.2, 0.25) is 0 Å². The van der Waals surface area contributed by atoms with Crippen LogP contribution in [0.15, 0.2) is 51.4 Å². The van der Waals surface area contributed by atoms with E-state index in [2.05, 4.69) is 15.9 Å². The molecule has 2 rings (SSSR count). The van der Waals surface area contributed by atoms with Crippen molar-refractivity contribution in [3.63, 3.8) is 0 Å². The van der Waals surface area contributed by atoms with Gasteiger partial charge in [-0.3, -0.25) is 10.1 Å². The summed E-state index contributed by atoms with van der Waals surface area (Å²) in [5.74, 6) is -0.119. The number of furan rings is 1. The van der Waals surface area contributed by atoms with Crippen LogP contribution >= 0.6 is 15.9 Å². The fourth-order valence-corrected chi connectivity index (χ4v) is 1.83. The topological polar surface area (TPSA) is 91.8 Å². The molecule has 0 spiro atoms. The average molecular weight is 382 g/mol. The first-order valence-electron chi connectivity index (χ1n) is 6.52. The predicted molar refractivity (Wildman–Crippen MR) is 85.0 cm³/mol. The van der Waals surface area contributed by atoms with Crippen molar-refractivity contribution in [3.05, 3.63) is 62.8 Å². The SMILES string of the molecule is O=C(/C=C/c1ccc([N+](=O)[O-])o1)OCCOc1ccc(Br)cc1. The third kappa shape index (κ3) is 5.59. The number of nitrogens with zero attached hydrogens (tertiary/aromatic N) is 1. The second kappa shape index (κ2) is 8.14. The largest absolute Gasteiger partial charge is 0.490 e. The van der Waals surface area contributed by atoms with E-state index in [1.54, 1.807) is 12.1 Å². The van der Waals surface area contributed by atoms with Crippen LogP contribution < -0.4 is 4.74 Å². The standard InChI is InChI=1S/C15H12BrNO6/c16-11-1-3-12(4-2-11)21-9-10-22-15(18)8-6-13-5-7-14(23-13)17(19)20/h1-8H,9-10H2/b8-6+. The summed E-state index contributed by atoms with van der Waals surface area (Å²) >= 11 is 3.31. The summed E-state index contributed by atoms with van der Waals surface area (Å²) in [6.45, 7) is 0.297. The second-order valence-electron chi connectivity index (χ2n) is 4.24. The number of halogens is 1. The molecule has 0 N–H and O–H groups in total. The number of hydrogen-bond donors (Lipinski definition) is 0. The molecule has 0 bridgehead atoms. The molecule has 0 amide bonds. The van der Waals surface area contributed by atoms with Gasteiger partial charge in [0.2, 0.25) is 0 Å². The number of hydrogen-bond acceptors (Lipinski definition) is 6. The maximum absolute atomic E-state index is 11.5. The van der Waals surface area contributed by atoms with Crippen LogP contribution in [-0.4, -0.2) is 24.1 Å². The molecule has 0 saturated heterocycles. The fourth-order valence-electron chi connectivity index (χ4n) is 1.56. The van der Waals surface area contributed by atoms with E-state index in [-0.39, 0.29) is 24.9 Å². The molecule has 0 radical (unpaired) electrons. The lowest BCUT2D eigenvalue weighted by molar-refractivity contribution is -0.402. The first kappa shape index (κ1) is 16.8. The molecule has 8 heteroatoms. The molecule has 1 heterocycles.